The van der Waals surface area contributed by atoms with Gasteiger partial charge < -0.3 is 19.9 Å². The van der Waals surface area contributed by atoms with Crippen LogP contribution in [0.15, 0.2) is 40.9 Å². The fourth-order valence-corrected chi connectivity index (χ4v) is 3.13. The number of carbonyl (C=O) groups excluding carboxylic acids is 2. The number of allylic oxidation sites excluding steroid dienone is 1. The summed E-state index contributed by atoms with van der Waals surface area (Å²) in [6.45, 7) is 1.85. The average molecular weight is 382 g/mol. The summed E-state index contributed by atoms with van der Waals surface area (Å²) in [4.78, 5) is 24.3. The van der Waals surface area contributed by atoms with E-state index in [9.17, 15) is 14.7 Å². The fraction of sp³-hybridized carbons (Fsp3) is 0.474. The Kier molecular flexibility index (Phi) is 7.94. The molecule has 142 valence electrons. The van der Waals surface area contributed by atoms with Crippen molar-refractivity contribution in [3.05, 3.63) is 46.5 Å². The molecule has 2 rings (SSSR count). The van der Waals surface area contributed by atoms with Crippen LogP contribution in [0, 0.1) is 0 Å². The summed E-state index contributed by atoms with van der Waals surface area (Å²) in [6, 6.07) is 7.90. The zero-order valence-electron chi connectivity index (χ0n) is 14.7. The van der Waals surface area contributed by atoms with Crippen molar-refractivity contribution in [2.75, 3.05) is 6.61 Å². The Bertz CT molecular complexity index is 647. The van der Waals surface area contributed by atoms with Crippen LogP contribution in [-0.4, -0.2) is 35.9 Å². The van der Waals surface area contributed by atoms with Gasteiger partial charge in [0.2, 0.25) is 0 Å². The van der Waals surface area contributed by atoms with E-state index in [1.165, 1.54) is 0 Å². The predicted octanol–water partition coefficient (Wildman–Crippen LogP) is 3.27. The van der Waals surface area contributed by atoms with Crippen molar-refractivity contribution in [1.29, 1.82) is 0 Å². The third kappa shape index (κ3) is 5.75. The Labute approximate surface area is 158 Å². The van der Waals surface area contributed by atoms with Crippen LogP contribution in [0.5, 0.6) is 0 Å². The van der Waals surface area contributed by atoms with Crippen LogP contribution in [0.1, 0.15) is 38.2 Å². The van der Waals surface area contributed by atoms with E-state index in [0.717, 1.165) is 18.4 Å². The van der Waals surface area contributed by atoms with Crippen LogP contribution in [0.25, 0.3) is 0 Å². The maximum absolute atomic E-state index is 12.2. The topological polar surface area (TPSA) is 84.9 Å². The summed E-state index contributed by atoms with van der Waals surface area (Å²) in [6.07, 6.45) is 0.991. The molecule has 2 atom stereocenters. The molecule has 0 saturated heterocycles. The number of hydrogen-bond acceptors (Lipinski definition) is 5. The molecule has 0 aliphatic heterocycles. The average Bonchev–Trinajstić information content (AvgIpc) is 2.65. The molecule has 0 spiro atoms. The van der Waals surface area contributed by atoms with Gasteiger partial charge in [-0.1, -0.05) is 41.9 Å². The Morgan fingerprint density at radius 1 is 1.19 bits per heavy atom. The summed E-state index contributed by atoms with van der Waals surface area (Å²) >= 11 is 6.20. The van der Waals surface area contributed by atoms with E-state index in [2.05, 4.69) is 5.32 Å². The van der Waals surface area contributed by atoms with Gasteiger partial charge in [0, 0.05) is 5.03 Å². The Morgan fingerprint density at radius 2 is 1.88 bits per heavy atom. The molecule has 1 aromatic carbocycles. The van der Waals surface area contributed by atoms with Gasteiger partial charge >= 0.3 is 12.1 Å². The van der Waals surface area contributed by atoms with Crippen molar-refractivity contribution in [3.8, 4) is 0 Å². The number of hydrogen-bond donors (Lipinski definition) is 2. The highest BCUT2D eigenvalue weighted by Gasteiger charge is 2.34. The second kappa shape index (κ2) is 10.2. The first kappa shape index (κ1) is 20.3. The molecule has 0 fully saturated rings. The van der Waals surface area contributed by atoms with E-state index in [4.69, 9.17) is 21.1 Å². The molecular formula is C19H24ClNO5. The van der Waals surface area contributed by atoms with Gasteiger partial charge in [-0.15, -0.1) is 0 Å². The minimum atomic E-state index is -1.26. The molecular weight excluding hydrogens is 358 g/mol. The first-order valence-corrected chi connectivity index (χ1v) is 9.10. The van der Waals surface area contributed by atoms with Crippen molar-refractivity contribution >= 4 is 23.7 Å². The van der Waals surface area contributed by atoms with E-state index in [1.54, 1.807) is 6.92 Å². The summed E-state index contributed by atoms with van der Waals surface area (Å²) in [5, 5.41) is 13.6. The molecule has 26 heavy (non-hydrogen) atoms. The van der Waals surface area contributed by atoms with Gasteiger partial charge in [-0.3, -0.25) is 0 Å². The molecule has 0 radical (unpaired) electrons. The second-order valence-electron chi connectivity index (χ2n) is 6.02. The predicted molar refractivity (Wildman–Crippen MR) is 97.5 cm³/mol. The number of halogens is 1. The zero-order valence-corrected chi connectivity index (χ0v) is 15.5. The lowest BCUT2D eigenvalue weighted by molar-refractivity contribution is -0.148. The van der Waals surface area contributed by atoms with Crippen molar-refractivity contribution < 1.29 is 24.2 Å². The molecule has 0 saturated carbocycles. The summed E-state index contributed by atoms with van der Waals surface area (Å²) in [5.41, 5.74) is 1.38. The number of rotatable bonds is 7. The number of nitrogens with one attached hydrogen (secondary N) is 1. The third-order valence-corrected chi connectivity index (χ3v) is 4.57. The highest BCUT2D eigenvalue weighted by Crippen LogP contribution is 2.30. The van der Waals surface area contributed by atoms with Crippen LogP contribution >= 0.6 is 11.6 Å². The zero-order chi connectivity index (χ0) is 18.9. The standard InChI is InChI=1S/C19H24ClNO5/c1-2-25-18(23)16(17(22)14-10-6-7-11-15(14)20)21-19(24)26-12-13-8-4-3-5-9-13/h3-5,8-9,16-17,22H,2,6-7,10-12H2,1H3,(H,21,24)/t16-,17-/m1/s1. The van der Waals surface area contributed by atoms with E-state index >= 15 is 0 Å². The minimum Gasteiger partial charge on any atom is -0.464 e. The number of benzene rings is 1. The minimum absolute atomic E-state index is 0.0573. The number of aliphatic hydroxyl groups excluding tert-OH is 1. The lowest BCUT2D eigenvalue weighted by Crippen LogP contribution is -2.50. The van der Waals surface area contributed by atoms with Crippen molar-refractivity contribution in [2.45, 2.75) is 51.4 Å². The van der Waals surface area contributed by atoms with Crippen LogP contribution < -0.4 is 5.32 Å². The van der Waals surface area contributed by atoms with Gasteiger partial charge in [-0.2, -0.15) is 0 Å². The first-order chi connectivity index (χ1) is 12.5. The smallest absolute Gasteiger partial charge is 0.408 e. The molecule has 0 aromatic heterocycles. The SMILES string of the molecule is CCOC(=O)[C@H](NC(=O)OCc1ccccc1)[C@H](O)C1=C(Cl)CCCC1. The Balaban J connectivity index is 2.04. The highest BCUT2D eigenvalue weighted by atomic mass is 35.5. The van der Waals surface area contributed by atoms with Gasteiger partial charge in [0.1, 0.15) is 12.7 Å². The lowest BCUT2D eigenvalue weighted by atomic mass is 9.91. The first-order valence-electron chi connectivity index (χ1n) is 8.72. The van der Waals surface area contributed by atoms with Gasteiger partial charge in [0.05, 0.1) is 6.61 Å². The molecule has 0 heterocycles. The monoisotopic (exact) mass is 381 g/mol. The van der Waals surface area contributed by atoms with E-state index in [0.29, 0.717) is 23.4 Å². The number of carbonyl (C=O) groups is 2. The fourth-order valence-electron chi connectivity index (χ4n) is 2.79. The van der Waals surface area contributed by atoms with Crippen molar-refractivity contribution in [2.24, 2.45) is 0 Å². The van der Waals surface area contributed by atoms with Gasteiger partial charge in [0.15, 0.2) is 6.04 Å². The maximum atomic E-state index is 12.2. The Hall–Kier alpha value is -2.05. The third-order valence-electron chi connectivity index (χ3n) is 4.14. The van der Waals surface area contributed by atoms with E-state index < -0.39 is 24.2 Å². The van der Waals surface area contributed by atoms with Gasteiger partial charge in [-0.05, 0) is 43.7 Å². The quantitative estimate of drug-likeness (QED) is 0.708. The molecule has 7 heteroatoms. The molecule has 2 N–H and O–H groups in total. The molecule has 1 aliphatic rings. The van der Waals surface area contributed by atoms with Crippen LogP contribution in [0.3, 0.4) is 0 Å². The van der Waals surface area contributed by atoms with Crippen LogP contribution in [-0.2, 0) is 20.9 Å². The second-order valence-corrected chi connectivity index (χ2v) is 6.47. The summed E-state index contributed by atoms with van der Waals surface area (Å²) < 4.78 is 10.1. The van der Waals surface area contributed by atoms with Gasteiger partial charge in [0.25, 0.3) is 0 Å². The largest absolute Gasteiger partial charge is 0.464 e. The molecule has 6 nitrogen and oxygen atoms in total. The normalized spacial score (nSPS) is 16.6. The number of ether oxygens (including phenoxy) is 2. The van der Waals surface area contributed by atoms with Crippen LogP contribution in [0.2, 0.25) is 0 Å². The van der Waals surface area contributed by atoms with Gasteiger partial charge in [-0.25, -0.2) is 9.59 Å². The molecule has 0 unspecified atom stereocenters. The number of aliphatic hydroxyl groups is 1. The summed E-state index contributed by atoms with van der Waals surface area (Å²) in [7, 11) is 0. The molecule has 1 aromatic rings. The maximum Gasteiger partial charge on any atom is 0.408 e. The van der Waals surface area contributed by atoms with Crippen LogP contribution in [0.4, 0.5) is 4.79 Å². The molecule has 0 bridgehead atoms. The number of alkyl carbamates (subject to hydrolysis) is 1. The lowest BCUT2D eigenvalue weighted by Gasteiger charge is -2.27. The molecule has 1 amide bonds. The number of amides is 1. The molecule has 1 aliphatic carbocycles. The summed E-state index contributed by atoms with van der Waals surface area (Å²) in [5.74, 6) is -0.723. The van der Waals surface area contributed by atoms with E-state index in [-0.39, 0.29) is 13.2 Å². The van der Waals surface area contributed by atoms with Crippen molar-refractivity contribution in [1.82, 2.24) is 5.32 Å². The highest BCUT2D eigenvalue weighted by molar-refractivity contribution is 6.30. The Morgan fingerprint density at radius 3 is 2.54 bits per heavy atom. The van der Waals surface area contributed by atoms with E-state index in [1.807, 2.05) is 30.3 Å². The number of esters is 1. The van der Waals surface area contributed by atoms with Crippen molar-refractivity contribution in [3.63, 3.8) is 0 Å².